The van der Waals surface area contributed by atoms with E-state index in [2.05, 4.69) is 5.10 Å². The van der Waals surface area contributed by atoms with Crippen molar-refractivity contribution in [2.45, 2.75) is 51.6 Å². The lowest BCUT2D eigenvalue weighted by Gasteiger charge is -2.36. The summed E-state index contributed by atoms with van der Waals surface area (Å²) in [6, 6.07) is 0.974. The first-order chi connectivity index (χ1) is 9.23. The van der Waals surface area contributed by atoms with Gasteiger partial charge in [0.1, 0.15) is 12.2 Å². The molecule has 5 nitrogen and oxygen atoms in total. The van der Waals surface area contributed by atoms with Gasteiger partial charge in [-0.05, 0) is 18.1 Å². The summed E-state index contributed by atoms with van der Waals surface area (Å²) < 4.78 is 43.8. The maximum absolute atomic E-state index is 12.5. The fourth-order valence-electron chi connectivity index (χ4n) is 1.28. The molecule has 120 valence electrons. The first-order valence-electron chi connectivity index (χ1n) is 6.28. The number of aromatic carboxylic acids is 1. The molecule has 0 bridgehead atoms. The largest absolute Gasteiger partial charge is 0.543 e. The Morgan fingerprint density at radius 1 is 1.38 bits per heavy atom. The van der Waals surface area contributed by atoms with Crippen LogP contribution in [-0.2, 0) is 6.54 Å². The molecule has 0 aliphatic rings. The van der Waals surface area contributed by atoms with Crippen molar-refractivity contribution in [3.8, 4) is 5.88 Å². The van der Waals surface area contributed by atoms with Crippen LogP contribution in [0.1, 0.15) is 31.3 Å². The van der Waals surface area contributed by atoms with Gasteiger partial charge < -0.3 is 14.3 Å². The number of alkyl halides is 3. The molecule has 21 heavy (non-hydrogen) atoms. The Kier molecular flexibility index (Phi) is 4.47. The Morgan fingerprint density at radius 3 is 2.29 bits per heavy atom. The highest BCUT2D eigenvalue weighted by Crippen LogP contribution is 2.37. The Bertz CT molecular complexity index is 533. The summed E-state index contributed by atoms with van der Waals surface area (Å²) in [5.41, 5.74) is -0.576. The predicted octanol–water partition coefficient (Wildman–Crippen LogP) is 2.19. The van der Waals surface area contributed by atoms with Crippen molar-refractivity contribution in [2.24, 2.45) is 0 Å². The molecule has 0 unspecified atom stereocenters. The van der Waals surface area contributed by atoms with E-state index < -0.39 is 32.7 Å². The maximum atomic E-state index is 12.5. The molecular formula is C12H18F3N2O3Si-. The summed E-state index contributed by atoms with van der Waals surface area (Å²) in [6.45, 7) is 8.04. The van der Waals surface area contributed by atoms with Gasteiger partial charge >= 0.3 is 6.18 Å². The molecule has 0 atom stereocenters. The van der Waals surface area contributed by atoms with Crippen LogP contribution in [0.3, 0.4) is 0 Å². The molecule has 0 saturated carbocycles. The summed E-state index contributed by atoms with van der Waals surface area (Å²) in [7, 11) is -2.42. The molecule has 0 aromatic carbocycles. The van der Waals surface area contributed by atoms with E-state index in [1.54, 1.807) is 0 Å². The molecule has 0 N–H and O–H groups in total. The quantitative estimate of drug-likeness (QED) is 0.797. The minimum Gasteiger partial charge on any atom is -0.543 e. The summed E-state index contributed by atoms with van der Waals surface area (Å²) >= 11 is 0. The zero-order valence-corrected chi connectivity index (χ0v) is 13.5. The van der Waals surface area contributed by atoms with Crippen LogP contribution in [0, 0.1) is 0 Å². The number of carbonyl (C=O) groups is 1. The molecule has 0 fully saturated rings. The topological polar surface area (TPSA) is 67.2 Å². The highest BCUT2D eigenvalue weighted by atomic mass is 28.4. The summed E-state index contributed by atoms with van der Waals surface area (Å²) in [6.07, 6.45) is -4.53. The van der Waals surface area contributed by atoms with Crippen LogP contribution in [0.25, 0.3) is 0 Å². The molecule has 0 aliphatic carbocycles. The van der Waals surface area contributed by atoms with Crippen molar-refractivity contribution >= 4 is 14.3 Å². The van der Waals surface area contributed by atoms with E-state index in [-0.39, 0.29) is 10.9 Å². The van der Waals surface area contributed by atoms with E-state index in [0.29, 0.717) is 4.68 Å². The van der Waals surface area contributed by atoms with Crippen LogP contribution in [0.15, 0.2) is 6.07 Å². The number of carboxylic acids is 1. The average molecular weight is 323 g/mol. The SMILES string of the molecule is CC(C)(C)[Si](C)(C)Oc1cc(C(=O)[O-])nn1CC(F)(F)F. The van der Waals surface area contributed by atoms with Crippen molar-refractivity contribution < 1.29 is 27.5 Å². The van der Waals surface area contributed by atoms with Crippen LogP contribution < -0.4 is 9.53 Å². The van der Waals surface area contributed by atoms with Gasteiger partial charge in [-0.15, -0.1) is 0 Å². The van der Waals surface area contributed by atoms with Gasteiger partial charge in [0, 0.05) is 6.07 Å². The minimum absolute atomic E-state index is 0.196. The molecule has 1 aromatic heterocycles. The van der Waals surface area contributed by atoms with E-state index in [4.69, 9.17) is 4.43 Å². The fraction of sp³-hybridized carbons (Fsp3) is 0.667. The van der Waals surface area contributed by atoms with Crippen molar-refractivity contribution in [1.29, 1.82) is 0 Å². The molecule has 1 aromatic rings. The lowest BCUT2D eigenvalue weighted by atomic mass is 10.2. The van der Waals surface area contributed by atoms with Crippen LogP contribution in [0.5, 0.6) is 5.88 Å². The van der Waals surface area contributed by atoms with Crippen LogP contribution in [0.2, 0.25) is 18.1 Å². The van der Waals surface area contributed by atoms with Gasteiger partial charge in [0.25, 0.3) is 8.32 Å². The van der Waals surface area contributed by atoms with Gasteiger partial charge in [0.15, 0.2) is 5.88 Å². The predicted molar refractivity (Wildman–Crippen MR) is 70.4 cm³/mol. The smallest absolute Gasteiger partial charge is 0.408 e. The first-order valence-corrected chi connectivity index (χ1v) is 9.19. The van der Waals surface area contributed by atoms with Gasteiger partial charge in [-0.1, -0.05) is 20.8 Å². The highest BCUT2D eigenvalue weighted by Gasteiger charge is 2.40. The number of carbonyl (C=O) groups excluding carboxylic acids is 1. The van der Waals surface area contributed by atoms with Gasteiger partial charge in [-0.25, -0.2) is 4.68 Å². The van der Waals surface area contributed by atoms with Crippen molar-refractivity contribution in [3.63, 3.8) is 0 Å². The van der Waals surface area contributed by atoms with E-state index in [9.17, 15) is 23.1 Å². The highest BCUT2D eigenvalue weighted by molar-refractivity contribution is 6.74. The number of nitrogens with zero attached hydrogens (tertiary/aromatic N) is 2. The van der Waals surface area contributed by atoms with Gasteiger partial charge in [0.05, 0.1) is 5.97 Å². The number of hydrogen-bond donors (Lipinski definition) is 0. The molecular weight excluding hydrogens is 305 g/mol. The Morgan fingerprint density at radius 2 is 1.90 bits per heavy atom. The number of halogens is 3. The van der Waals surface area contributed by atoms with Crippen LogP contribution >= 0.6 is 0 Å². The minimum atomic E-state index is -4.53. The second kappa shape index (κ2) is 5.36. The second-order valence-electron chi connectivity index (χ2n) is 6.29. The molecule has 0 amide bonds. The summed E-state index contributed by atoms with van der Waals surface area (Å²) in [5.74, 6) is -1.84. The molecule has 1 rings (SSSR count). The number of rotatable bonds is 4. The number of hydrogen-bond acceptors (Lipinski definition) is 4. The average Bonchev–Trinajstić information content (AvgIpc) is 2.56. The molecule has 9 heteroatoms. The van der Waals surface area contributed by atoms with E-state index in [0.717, 1.165) is 6.07 Å². The standard InChI is InChI=1S/C12H19F3N2O3Si/c1-11(2,3)21(4,5)20-9-6-8(10(18)19)16-17(9)7-12(13,14)15/h6H,7H2,1-5H3,(H,18,19)/p-1. The lowest BCUT2D eigenvalue weighted by molar-refractivity contribution is -0.255. The third kappa shape index (κ3) is 4.48. The number of carboxylic acid groups (broad SMARTS) is 1. The van der Waals surface area contributed by atoms with Crippen LogP contribution in [-0.4, -0.2) is 30.2 Å². The van der Waals surface area contributed by atoms with E-state index in [1.807, 2.05) is 33.9 Å². The van der Waals surface area contributed by atoms with Gasteiger partial charge in [-0.2, -0.15) is 18.3 Å². The number of aromatic nitrogens is 2. The fourth-order valence-corrected chi connectivity index (χ4v) is 2.27. The lowest BCUT2D eigenvalue weighted by Crippen LogP contribution is -2.44. The summed E-state index contributed by atoms with van der Waals surface area (Å²) in [4.78, 5) is 10.8. The normalized spacial score (nSPS) is 13.3. The van der Waals surface area contributed by atoms with Crippen molar-refractivity contribution in [2.75, 3.05) is 0 Å². The zero-order valence-electron chi connectivity index (χ0n) is 12.5. The molecule has 0 radical (unpaired) electrons. The van der Waals surface area contributed by atoms with Crippen molar-refractivity contribution in [1.82, 2.24) is 9.78 Å². The summed E-state index contributed by atoms with van der Waals surface area (Å²) in [5, 5.41) is 13.9. The Balaban J connectivity index is 3.19. The van der Waals surface area contributed by atoms with E-state index >= 15 is 0 Å². The molecule has 0 spiro atoms. The first kappa shape index (κ1) is 17.5. The van der Waals surface area contributed by atoms with Gasteiger partial charge in [-0.3, -0.25) is 0 Å². The third-order valence-electron chi connectivity index (χ3n) is 3.45. The third-order valence-corrected chi connectivity index (χ3v) is 7.78. The maximum Gasteiger partial charge on any atom is 0.408 e. The Labute approximate surface area is 121 Å². The molecule has 0 aliphatic heterocycles. The molecule has 0 saturated heterocycles. The zero-order chi connectivity index (χ0) is 16.6. The van der Waals surface area contributed by atoms with Crippen LogP contribution in [0.4, 0.5) is 13.2 Å². The van der Waals surface area contributed by atoms with Crippen molar-refractivity contribution in [3.05, 3.63) is 11.8 Å². The molecule has 1 heterocycles. The van der Waals surface area contributed by atoms with Gasteiger partial charge in [0.2, 0.25) is 0 Å². The second-order valence-corrected chi connectivity index (χ2v) is 11.0. The van der Waals surface area contributed by atoms with E-state index in [1.165, 1.54) is 0 Å². The monoisotopic (exact) mass is 323 g/mol. The Hall–Kier alpha value is -1.51.